The third-order valence-corrected chi connectivity index (χ3v) is 4.00. The van der Waals surface area contributed by atoms with E-state index in [1.807, 2.05) is 24.3 Å². The number of nitrogens with two attached hydrogens (primary N) is 1. The topological polar surface area (TPSA) is 81.3 Å². The lowest BCUT2D eigenvalue weighted by Crippen LogP contribution is -2.45. The minimum absolute atomic E-state index is 0.332. The highest BCUT2D eigenvalue weighted by molar-refractivity contribution is 5.43. The molecule has 1 aliphatic heterocycles. The minimum atomic E-state index is -0.777. The lowest BCUT2D eigenvalue weighted by molar-refractivity contribution is 0.0503. The Morgan fingerprint density at radius 2 is 2.20 bits per heavy atom. The van der Waals surface area contributed by atoms with Gasteiger partial charge in [-0.25, -0.2) is 9.97 Å². The van der Waals surface area contributed by atoms with Crippen molar-refractivity contribution in [3.63, 3.8) is 0 Å². The molecule has 0 aliphatic carbocycles. The first-order chi connectivity index (χ1) is 9.78. The molecular formula is C15H17N3O2. The number of benzene rings is 1. The number of fused-ring (bicyclic) bond motifs is 1. The Bertz CT molecular complexity index is 591. The van der Waals surface area contributed by atoms with Crippen LogP contribution in [0.2, 0.25) is 0 Å². The molecule has 0 fully saturated rings. The second kappa shape index (κ2) is 5.19. The molecule has 0 bridgehead atoms. The summed E-state index contributed by atoms with van der Waals surface area (Å²) in [5.74, 6) is 0.789. The number of rotatable bonds is 3. The van der Waals surface area contributed by atoms with Gasteiger partial charge in [0, 0.05) is 23.7 Å². The predicted molar refractivity (Wildman–Crippen MR) is 74.3 cm³/mol. The zero-order valence-electron chi connectivity index (χ0n) is 11.1. The molecule has 5 nitrogen and oxygen atoms in total. The van der Waals surface area contributed by atoms with Crippen LogP contribution < -0.4 is 10.5 Å². The molecule has 3 rings (SSSR count). The number of para-hydroxylation sites is 1. The zero-order chi connectivity index (χ0) is 14.0. The average molecular weight is 271 g/mol. The first-order valence-corrected chi connectivity index (χ1v) is 6.64. The lowest BCUT2D eigenvalue weighted by atomic mass is 9.70. The van der Waals surface area contributed by atoms with Crippen molar-refractivity contribution in [1.82, 2.24) is 9.97 Å². The van der Waals surface area contributed by atoms with Gasteiger partial charge in [-0.15, -0.1) is 0 Å². The van der Waals surface area contributed by atoms with E-state index in [0.29, 0.717) is 25.3 Å². The van der Waals surface area contributed by atoms with E-state index in [-0.39, 0.29) is 0 Å². The number of aliphatic hydroxyl groups is 1. The fourth-order valence-corrected chi connectivity index (χ4v) is 2.84. The first-order valence-electron chi connectivity index (χ1n) is 6.64. The molecule has 2 unspecified atom stereocenters. The van der Waals surface area contributed by atoms with Crippen LogP contribution in [0.15, 0.2) is 42.9 Å². The third-order valence-electron chi connectivity index (χ3n) is 4.00. The van der Waals surface area contributed by atoms with E-state index in [0.717, 1.165) is 11.3 Å². The molecule has 1 aromatic carbocycles. The summed E-state index contributed by atoms with van der Waals surface area (Å²) in [6.07, 6.45) is 2.95. The van der Waals surface area contributed by atoms with Crippen LogP contribution in [0.5, 0.6) is 5.75 Å². The van der Waals surface area contributed by atoms with Crippen LogP contribution in [0.3, 0.4) is 0 Å². The molecule has 0 amide bonds. The average Bonchev–Trinajstić information content (AvgIpc) is 2.54. The maximum atomic E-state index is 10.8. The maximum absolute atomic E-state index is 10.8. The van der Waals surface area contributed by atoms with Crippen molar-refractivity contribution in [1.29, 1.82) is 0 Å². The minimum Gasteiger partial charge on any atom is -0.493 e. The van der Waals surface area contributed by atoms with Crippen LogP contribution in [-0.2, 0) is 5.41 Å². The molecule has 104 valence electrons. The highest BCUT2D eigenvalue weighted by Gasteiger charge is 2.44. The molecule has 0 saturated carbocycles. The molecule has 0 radical (unpaired) electrons. The number of aromatic nitrogens is 2. The Hall–Kier alpha value is -1.98. The smallest absolute Gasteiger partial charge is 0.123 e. The molecule has 0 saturated heterocycles. The van der Waals surface area contributed by atoms with Gasteiger partial charge in [0.05, 0.1) is 12.3 Å². The number of nitrogens with zero attached hydrogens (tertiary/aromatic N) is 2. The van der Waals surface area contributed by atoms with Gasteiger partial charge < -0.3 is 15.6 Å². The molecule has 1 aromatic heterocycles. The van der Waals surface area contributed by atoms with E-state index in [4.69, 9.17) is 10.5 Å². The largest absolute Gasteiger partial charge is 0.493 e. The highest BCUT2D eigenvalue weighted by atomic mass is 16.5. The second-order valence-electron chi connectivity index (χ2n) is 4.99. The second-order valence-corrected chi connectivity index (χ2v) is 4.99. The lowest BCUT2D eigenvalue weighted by Gasteiger charge is -2.41. The third kappa shape index (κ3) is 1.95. The Labute approximate surface area is 117 Å². The number of hydrogen-bond donors (Lipinski definition) is 2. The van der Waals surface area contributed by atoms with Crippen molar-refractivity contribution in [2.45, 2.75) is 17.9 Å². The van der Waals surface area contributed by atoms with E-state index in [1.165, 1.54) is 6.33 Å². The molecular weight excluding hydrogens is 254 g/mol. The van der Waals surface area contributed by atoms with Gasteiger partial charge in [-0.3, -0.25) is 0 Å². The fourth-order valence-electron chi connectivity index (χ4n) is 2.84. The first kappa shape index (κ1) is 13.0. The maximum Gasteiger partial charge on any atom is 0.123 e. The summed E-state index contributed by atoms with van der Waals surface area (Å²) < 4.78 is 5.67. The van der Waals surface area contributed by atoms with E-state index in [9.17, 15) is 5.11 Å². The van der Waals surface area contributed by atoms with Gasteiger partial charge in [-0.05, 0) is 18.6 Å². The van der Waals surface area contributed by atoms with Gasteiger partial charge in [0.15, 0.2) is 0 Å². The van der Waals surface area contributed by atoms with Gasteiger partial charge in [0.2, 0.25) is 0 Å². The SMILES string of the molecule is NCC1(C(O)c2ccncn2)CCOc2ccccc21. The summed E-state index contributed by atoms with van der Waals surface area (Å²) in [5.41, 5.74) is 7.00. The summed E-state index contributed by atoms with van der Waals surface area (Å²) in [6, 6.07) is 9.45. The van der Waals surface area contributed by atoms with Crippen molar-refractivity contribution in [3.8, 4) is 5.75 Å². The highest BCUT2D eigenvalue weighted by Crippen LogP contribution is 2.45. The van der Waals surface area contributed by atoms with Gasteiger partial charge in [-0.2, -0.15) is 0 Å². The van der Waals surface area contributed by atoms with Crippen LogP contribution in [0.25, 0.3) is 0 Å². The van der Waals surface area contributed by atoms with Crippen molar-refractivity contribution in [2.75, 3.05) is 13.2 Å². The molecule has 20 heavy (non-hydrogen) atoms. The van der Waals surface area contributed by atoms with E-state index >= 15 is 0 Å². The molecule has 2 heterocycles. The Morgan fingerprint density at radius 3 is 2.95 bits per heavy atom. The summed E-state index contributed by atoms with van der Waals surface area (Å²) in [4.78, 5) is 8.05. The van der Waals surface area contributed by atoms with E-state index in [2.05, 4.69) is 9.97 Å². The van der Waals surface area contributed by atoms with Gasteiger partial charge >= 0.3 is 0 Å². The number of aliphatic hydroxyl groups excluding tert-OH is 1. The van der Waals surface area contributed by atoms with Crippen molar-refractivity contribution in [3.05, 3.63) is 54.1 Å². The van der Waals surface area contributed by atoms with Crippen LogP contribution in [-0.4, -0.2) is 28.2 Å². The normalized spacial score (nSPS) is 22.7. The van der Waals surface area contributed by atoms with Gasteiger partial charge in [0.1, 0.15) is 18.2 Å². The quantitative estimate of drug-likeness (QED) is 0.876. The standard InChI is InChI=1S/C15H17N3O2/c16-9-15(14(19)12-5-7-17-10-18-12)6-8-20-13-4-2-1-3-11(13)15/h1-5,7,10,14,19H,6,8-9,16H2. The fraction of sp³-hybridized carbons (Fsp3) is 0.333. The molecule has 5 heteroatoms. The monoisotopic (exact) mass is 271 g/mol. The Morgan fingerprint density at radius 1 is 1.35 bits per heavy atom. The zero-order valence-corrected chi connectivity index (χ0v) is 11.1. The summed E-state index contributed by atoms with van der Waals surface area (Å²) in [5, 5.41) is 10.8. The molecule has 2 aromatic rings. The van der Waals surface area contributed by atoms with Crippen LogP contribution in [0, 0.1) is 0 Å². The van der Waals surface area contributed by atoms with Crippen molar-refractivity contribution in [2.24, 2.45) is 5.73 Å². The molecule has 3 N–H and O–H groups in total. The van der Waals surface area contributed by atoms with E-state index in [1.54, 1.807) is 12.3 Å². The summed E-state index contributed by atoms with van der Waals surface area (Å²) in [6.45, 7) is 0.870. The number of hydrogen-bond acceptors (Lipinski definition) is 5. The van der Waals surface area contributed by atoms with Crippen LogP contribution >= 0.6 is 0 Å². The Balaban J connectivity index is 2.09. The van der Waals surface area contributed by atoms with Gasteiger partial charge in [0.25, 0.3) is 0 Å². The molecule has 2 atom stereocenters. The van der Waals surface area contributed by atoms with E-state index < -0.39 is 11.5 Å². The molecule has 1 aliphatic rings. The summed E-state index contributed by atoms with van der Waals surface area (Å²) >= 11 is 0. The van der Waals surface area contributed by atoms with Gasteiger partial charge in [-0.1, -0.05) is 18.2 Å². The Kier molecular flexibility index (Phi) is 3.38. The predicted octanol–water partition coefficient (Wildman–Crippen LogP) is 1.19. The summed E-state index contributed by atoms with van der Waals surface area (Å²) in [7, 11) is 0. The van der Waals surface area contributed by atoms with Crippen LogP contribution in [0.1, 0.15) is 23.8 Å². The van der Waals surface area contributed by atoms with Crippen molar-refractivity contribution < 1.29 is 9.84 Å². The number of ether oxygens (including phenoxy) is 1. The van der Waals surface area contributed by atoms with Crippen molar-refractivity contribution >= 4 is 0 Å². The van der Waals surface area contributed by atoms with Crippen LogP contribution in [0.4, 0.5) is 0 Å². The molecule has 0 spiro atoms.